The molecule has 0 spiro atoms. The van der Waals surface area contributed by atoms with Gasteiger partial charge < -0.3 is 24.1 Å². The molecular weight excluding hydrogens is 416 g/mol. The van der Waals surface area contributed by atoms with Crippen LogP contribution in [0.5, 0.6) is 0 Å². The lowest BCUT2D eigenvalue weighted by Crippen LogP contribution is -2.73. The van der Waals surface area contributed by atoms with E-state index in [0.717, 1.165) is 5.56 Å². The quantitative estimate of drug-likeness (QED) is 0.634. The number of rotatable bonds is 6. The summed E-state index contributed by atoms with van der Waals surface area (Å²) in [5, 5.41) is 23.3. The van der Waals surface area contributed by atoms with Gasteiger partial charge in [0.15, 0.2) is 5.78 Å². The lowest BCUT2D eigenvalue weighted by Gasteiger charge is -2.65. The van der Waals surface area contributed by atoms with Crippen LogP contribution in [0.2, 0.25) is 0 Å². The van der Waals surface area contributed by atoms with Crippen LogP contribution in [0.1, 0.15) is 59.4 Å². The van der Waals surface area contributed by atoms with Crippen LogP contribution in [0, 0.1) is 22.7 Å². The van der Waals surface area contributed by atoms with Crippen LogP contribution in [-0.4, -0.2) is 52.4 Å². The average molecular weight is 451 g/mol. The first-order chi connectivity index (χ1) is 14.9. The van der Waals surface area contributed by atoms with Gasteiger partial charge in [-0.1, -0.05) is 20.8 Å². The van der Waals surface area contributed by atoms with Gasteiger partial charge in [-0.15, -0.1) is 0 Å². The Kier molecular flexibility index (Phi) is 6.60. The van der Waals surface area contributed by atoms with Crippen LogP contribution >= 0.6 is 0 Å². The topological polar surface area (TPSA) is 123 Å². The van der Waals surface area contributed by atoms with Crippen molar-refractivity contribution in [1.29, 1.82) is 0 Å². The highest BCUT2D eigenvalue weighted by Gasteiger charge is 2.70. The molecule has 0 bridgehead atoms. The lowest BCUT2D eigenvalue weighted by molar-refractivity contribution is -0.262. The highest BCUT2D eigenvalue weighted by molar-refractivity contribution is 5.88. The number of fused-ring (bicyclic) bond motifs is 1. The fourth-order valence-corrected chi connectivity index (χ4v) is 6.29. The number of Topliss-reactive ketones (excluding diaryl/α,β-unsaturated/α-hetero) is 1. The molecule has 0 aromatic carbocycles. The van der Waals surface area contributed by atoms with Crippen molar-refractivity contribution >= 4 is 17.7 Å². The van der Waals surface area contributed by atoms with E-state index in [2.05, 4.69) is 0 Å². The monoisotopic (exact) mass is 450 g/mol. The Balaban J connectivity index is 2.07. The maximum Gasteiger partial charge on any atom is 0.302 e. The van der Waals surface area contributed by atoms with Gasteiger partial charge >= 0.3 is 11.9 Å². The second-order valence-electron chi connectivity index (χ2n) is 9.94. The molecule has 2 saturated carbocycles. The van der Waals surface area contributed by atoms with Crippen LogP contribution in [0.3, 0.4) is 0 Å². The molecular formula is C24H34O8. The van der Waals surface area contributed by atoms with E-state index in [-0.39, 0.29) is 6.61 Å². The fraction of sp³-hybridized carbons (Fsp3) is 0.708. The number of carbonyl (C=O) groups excluding carboxylic acids is 3. The van der Waals surface area contributed by atoms with Crippen molar-refractivity contribution in [1.82, 2.24) is 0 Å². The normalized spacial score (nSPS) is 39.3. The number of ketones is 1. The summed E-state index contributed by atoms with van der Waals surface area (Å²) >= 11 is 0. The number of esters is 2. The van der Waals surface area contributed by atoms with Gasteiger partial charge in [0.1, 0.15) is 18.8 Å². The largest absolute Gasteiger partial charge is 0.472 e. The lowest BCUT2D eigenvalue weighted by atomic mass is 9.42. The van der Waals surface area contributed by atoms with E-state index in [0.29, 0.717) is 25.7 Å². The Morgan fingerprint density at radius 1 is 1.25 bits per heavy atom. The number of aliphatic hydroxyl groups excluding tert-OH is 1. The molecule has 8 heteroatoms. The number of hydrogen-bond donors (Lipinski definition) is 2. The molecule has 1 aromatic heterocycles. The molecule has 178 valence electrons. The van der Waals surface area contributed by atoms with Gasteiger partial charge in [-0.3, -0.25) is 14.4 Å². The summed E-state index contributed by atoms with van der Waals surface area (Å²) in [4.78, 5) is 36.7. The standard InChI is InChI=1S/C24H34O8/c1-14-19(27)20(28)21-22(4,13-31-15(2)25)18(32-16(3)26)7-9-23(21,5)24(14,29)10-6-17-8-11-30-12-17/h8,11-12,14,18,20-21,28-29H,6-7,9-10,13H2,1-5H3/t14?,18-,20-,21-,22?,23-,24+/m1/s1. The van der Waals surface area contributed by atoms with E-state index in [9.17, 15) is 24.6 Å². The number of hydrogen-bond acceptors (Lipinski definition) is 8. The van der Waals surface area contributed by atoms with Gasteiger partial charge in [-0.2, -0.15) is 0 Å². The maximum absolute atomic E-state index is 13.2. The van der Waals surface area contributed by atoms with Crippen LogP contribution in [0.4, 0.5) is 0 Å². The number of ether oxygens (including phenoxy) is 2. The Morgan fingerprint density at radius 2 is 1.94 bits per heavy atom. The Bertz CT molecular complexity index is 863. The third kappa shape index (κ3) is 3.88. The van der Waals surface area contributed by atoms with E-state index < -0.39 is 58.2 Å². The first-order valence-corrected chi connectivity index (χ1v) is 11.1. The van der Waals surface area contributed by atoms with Crippen molar-refractivity contribution in [3.8, 4) is 0 Å². The summed E-state index contributed by atoms with van der Waals surface area (Å²) in [6, 6.07) is 1.82. The Labute approximate surface area is 188 Å². The molecule has 1 heterocycles. The molecule has 32 heavy (non-hydrogen) atoms. The van der Waals surface area contributed by atoms with Gasteiger partial charge in [0.2, 0.25) is 0 Å². The first kappa shape index (κ1) is 24.5. The zero-order valence-electron chi connectivity index (χ0n) is 19.4. The van der Waals surface area contributed by atoms with Crippen molar-refractivity contribution < 1.29 is 38.5 Å². The first-order valence-electron chi connectivity index (χ1n) is 11.1. The maximum atomic E-state index is 13.2. The molecule has 1 aromatic rings. The Morgan fingerprint density at radius 3 is 2.50 bits per heavy atom. The second kappa shape index (κ2) is 8.63. The van der Waals surface area contributed by atoms with Crippen molar-refractivity contribution in [2.24, 2.45) is 22.7 Å². The van der Waals surface area contributed by atoms with Crippen molar-refractivity contribution in [3.05, 3.63) is 24.2 Å². The predicted octanol–water partition coefficient (Wildman–Crippen LogP) is 2.44. The number of aliphatic hydroxyl groups is 2. The summed E-state index contributed by atoms with van der Waals surface area (Å²) in [5.74, 6) is -3.05. The minimum Gasteiger partial charge on any atom is -0.472 e. The molecule has 0 amide bonds. The van der Waals surface area contributed by atoms with E-state index in [4.69, 9.17) is 13.9 Å². The highest BCUT2D eigenvalue weighted by Crippen LogP contribution is 2.63. The minimum atomic E-state index is -1.43. The number of furan rings is 1. The predicted molar refractivity (Wildman–Crippen MR) is 113 cm³/mol. The molecule has 8 nitrogen and oxygen atoms in total. The van der Waals surface area contributed by atoms with E-state index in [1.165, 1.54) is 13.8 Å². The molecule has 2 aliphatic rings. The van der Waals surface area contributed by atoms with Gasteiger partial charge in [-0.25, -0.2) is 0 Å². The average Bonchev–Trinajstić information content (AvgIpc) is 3.24. The molecule has 3 rings (SSSR count). The van der Waals surface area contributed by atoms with E-state index >= 15 is 0 Å². The third-order valence-corrected chi connectivity index (χ3v) is 8.07. The van der Waals surface area contributed by atoms with Crippen molar-refractivity contribution in [2.45, 2.75) is 78.1 Å². The number of aryl methyl sites for hydroxylation is 1. The second-order valence-corrected chi connectivity index (χ2v) is 9.94. The SMILES string of the molecule is CC(=O)OCC1(C)[C@H]2[C@H](O)C(=O)C(C)[C@@](O)(CCc3ccoc3)[C@]2(C)CC[C@H]1OC(C)=O. The summed E-state index contributed by atoms with van der Waals surface area (Å²) in [5.41, 5.74) is -2.48. The summed E-state index contributed by atoms with van der Waals surface area (Å²) < 4.78 is 16.1. The van der Waals surface area contributed by atoms with E-state index in [1.807, 2.05) is 13.0 Å². The third-order valence-electron chi connectivity index (χ3n) is 8.07. The zero-order valence-corrected chi connectivity index (χ0v) is 19.4. The van der Waals surface area contributed by atoms with Gasteiger partial charge in [0.25, 0.3) is 0 Å². The highest BCUT2D eigenvalue weighted by atomic mass is 16.6. The summed E-state index contributed by atoms with van der Waals surface area (Å²) in [6.45, 7) is 7.73. The smallest absolute Gasteiger partial charge is 0.302 e. The molecule has 2 aliphatic carbocycles. The summed E-state index contributed by atoms with van der Waals surface area (Å²) in [7, 11) is 0. The molecule has 2 unspecified atom stereocenters. The zero-order chi connectivity index (χ0) is 23.9. The minimum absolute atomic E-state index is 0.142. The molecule has 0 saturated heterocycles. The van der Waals surface area contributed by atoms with E-state index in [1.54, 1.807) is 26.4 Å². The van der Waals surface area contributed by atoms with Gasteiger partial charge in [-0.05, 0) is 37.3 Å². The van der Waals surface area contributed by atoms with Crippen LogP contribution in [0.15, 0.2) is 23.0 Å². The van der Waals surface area contributed by atoms with Gasteiger partial charge in [0.05, 0.1) is 18.1 Å². The molecule has 2 N–H and O–H groups in total. The van der Waals surface area contributed by atoms with Gasteiger partial charge in [0, 0.05) is 36.5 Å². The van der Waals surface area contributed by atoms with Crippen LogP contribution < -0.4 is 0 Å². The van der Waals surface area contributed by atoms with Crippen LogP contribution in [-0.2, 0) is 30.3 Å². The summed E-state index contributed by atoms with van der Waals surface area (Å²) in [6.07, 6.45) is 2.74. The molecule has 0 radical (unpaired) electrons. The van der Waals surface area contributed by atoms with Crippen molar-refractivity contribution in [2.75, 3.05) is 6.61 Å². The Hall–Kier alpha value is -2.19. The number of carbonyl (C=O) groups is 3. The van der Waals surface area contributed by atoms with Crippen LogP contribution in [0.25, 0.3) is 0 Å². The molecule has 7 atom stereocenters. The molecule has 0 aliphatic heterocycles. The fourth-order valence-electron chi connectivity index (χ4n) is 6.29. The molecule has 2 fully saturated rings. The van der Waals surface area contributed by atoms with Crippen molar-refractivity contribution in [3.63, 3.8) is 0 Å².